The van der Waals surface area contributed by atoms with Gasteiger partial charge in [-0.25, -0.2) is 4.39 Å². The van der Waals surface area contributed by atoms with E-state index >= 15 is 0 Å². The maximum Gasteiger partial charge on any atom is 0.258 e. The Kier molecular flexibility index (Phi) is 6.81. The smallest absolute Gasteiger partial charge is 0.258 e. The molecule has 3 aromatic carbocycles. The highest BCUT2D eigenvalue weighted by atomic mass is 19.1. The monoisotopic (exact) mass is 471 g/mol. The highest BCUT2D eigenvalue weighted by molar-refractivity contribution is 5.95. The van der Waals surface area contributed by atoms with Crippen molar-refractivity contribution < 1.29 is 13.7 Å². The lowest BCUT2D eigenvalue weighted by Crippen LogP contribution is -2.48. The van der Waals surface area contributed by atoms with Crippen LogP contribution >= 0.6 is 0 Å². The minimum absolute atomic E-state index is 0.153. The van der Waals surface area contributed by atoms with E-state index in [-0.39, 0.29) is 11.7 Å². The van der Waals surface area contributed by atoms with Gasteiger partial charge in [0.25, 0.3) is 11.8 Å². The molecule has 2 heterocycles. The summed E-state index contributed by atoms with van der Waals surface area (Å²) in [5, 5.41) is 7.04. The van der Waals surface area contributed by atoms with Crippen molar-refractivity contribution >= 4 is 11.6 Å². The molecule has 1 amide bonds. The molecule has 1 fully saturated rings. The van der Waals surface area contributed by atoms with Gasteiger partial charge in [-0.1, -0.05) is 53.7 Å². The van der Waals surface area contributed by atoms with Crippen molar-refractivity contribution in [1.82, 2.24) is 20.4 Å². The zero-order valence-electron chi connectivity index (χ0n) is 19.2. The number of aromatic nitrogens is 2. The highest BCUT2D eigenvalue weighted by Crippen LogP contribution is 2.23. The molecule has 0 spiro atoms. The van der Waals surface area contributed by atoms with E-state index in [4.69, 9.17) is 4.52 Å². The van der Waals surface area contributed by atoms with Crippen LogP contribution in [0.2, 0.25) is 0 Å². The van der Waals surface area contributed by atoms with Crippen molar-refractivity contribution in [3.63, 3.8) is 0 Å². The number of hydrogen-bond acceptors (Lipinski definition) is 6. The largest absolute Gasteiger partial charge is 0.367 e. The van der Waals surface area contributed by atoms with Crippen molar-refractivity contribution in [3.8, 4) is 22.8 Å². The van der Waals surface area contributed by atoms with E-state index in [9.17, 15) is 9.18 Å². The summed E-state index contributed by atoms with van der Waals surface area (Å²) in [6.45, 7) is 4.42. The molecule has 0 saturated carbocycles. The predicted molar refractivity (Wildman–Crippen MR) is 133 cm³/mol. The molecule has 35 heavy (non-hydrogen) atoms. The molecule has 1 N–H and O–H groups in total. The second-order valence-corrected chi connectivity index (χ2v) is 8.41. The molecule has 1 saturated heterocycles. The van der Waals surface area contributed by atoms with Gasteiger partial charge in [0.15, 0.2) is 0 Å². The van der Waals surface area contributed by atoms with E-state index in [0.29, 0.717) is 35.1 Å². The van der Waals surface area contributed by atoms with Crippen LogP contribution in [-0.2, 0) is 0 Å². The fourth-order valence-corrected chi connectivity index (χ4v) is 4.19. The maximum absolute atomic E-state index is 14.0. The summed E-state index contributed by atoms with van der Waals surface area (Å²) in [6, 6.07) is 23.6. The Balaban J connectivity index is 1.13. The molecule has 178 valence electrons. The van der Waals surface area contributed by atoms with Gasteiger partial charge >= 0.3 is 0 Å². The molecule has 4 aromatic rings. The van der Waals surface area contributed by atoms with Crippen LogP contribution in [0.5, 0.6) is 0 Å². The minimum atomic E-state index is -0.188. The van der Waals surface area contributed by atoms with Crippen molar-refractivity contribution in [1.29, 1.82) is 0 Å². The van der Waals surface area contributed by atoms with Crippen LogP contribution in [0, 0.1) is 5.82 Å². The SMILES string of the molecule is O=C(NCCN1CCN(c2ccccc2F)CC1)c1cccc(-c2nc(-c3ccccc3)no2)c1. The number of halogens is 1. The molecule has 0 aliphatic carbocycles. The summed E-state index contributed by atoms with van der Waals surface area (Å²) >= 11 is 0. The Morgan fingerprint density at radius 1 is 0.914 bits per heavy atom. The zero-order valence-corrected chi connectivity index (χ0v) is 19.2. The highest BCUT2D eigenvalue weighted by Gasteiger charge is 2.19. The molecule has 0 radical (unpaired) electrons. The van der Waals surface area contributed by atoms with Crippen LogP contribution in [0.4, 0.5) is 10.1 Å². The fourth-order valence-electron chi connectivity index (χ4n) is 4.19. The van der Waals surface area contributed by atoms with Gasteiger partial charge in [0.05, 0.1) is 5.69 Å². The third-order valence-corrected chi connectivity index (χ3v) is 6.11. The van der Waals surface area contributed by atoms with Crippen LogP contribution in [0.1, 0.15) is 10.4 Å². The molecule has 1 aromatic heterocycles. The molecular formula is C27H26FN5O2. The van der Waals surface area contributed by atoms with E-state index < -0.39 is 0 Å². The fraction of sp³-hybridized carbons (Fsp3) is 0.222. The molecule has 0 bridgehead atoms. The van der Waals surface area contributed by atoms with Crippen molar-refractivity contribution in [3.05, 3.63) is 90.2 Å². The van der Waals surface area contributed by atoms with E-state index in [0.717, 1.165) is 38.3 Å². The van der Waals surface area contributed by atoms with Crippen LogP contribution in [0.25, 0.3) is 22.8 Å². The van der Waals surface area contributed by atoms with Crippen LogP contribution in [0.15, 0.2) is 83.4 Å². The molecule has 0 atom stereocenters. The van der Waals surface area contributed by atoms with Crippen LogP contribution < -0.4 is 10.2 Å². The molecule has 7 nitrogen and oxygen atoms in total. The van der Waals surface area contributed by atoms with Gasteiger partial charge in [0.2, 0.25) is 5.82 Å². The Morgan fingerprint density at radius 2 is 1.66 bits per heavy atom. The van der Waals surface area contributed by atoms with Gasteiger partial charge in [-0.3, -0.25) is 9.69 Å². The molecule has 1 aliphatic heterocycles. The molecule has 5 rings (SSSR count). The second-order valence-electron chi connectivity index (χ2n) is 8.41. The molecule has 0 unspecified atom stereocenters. The number of para-hydroxylation sites is 1. The van der Waals surface area contributed by atoms with Crippen molar-refractivity contribution in [2.24, 2.45) is 0 Å². The second kappa shape index (κ2) is 10.5. The molecule has 1 aliphatic rings. The summed E-state index contributed by atoms with van der Waals surface area (Å²) in [5.74, 6) is 0.531. The van der Waals surface area contributed by atoms with E-state index in [2.05, 4.69) is 25.3 Å². The number of hydrogen-bond donors (Lipinski definition) is 1. The lowest BCUT2D eigenvalue weighted by molar-refractivity contribution is 0.0948. The van der Waals surface area contributed by atoms with Crippen molar-refractivity contribution in [2.45, 2.75) is 0 Å². The first-order valence-corrected chi connectivity index (χ1v) is 11.7. The number of nitrogens with zero attached hydrogens (tertiary/aromatic N) is 4. The summed E-state index contributed by atoms with van der Waals surface area (Å²) in [7, 11) is 0. The number of rotatable bonds is 7. The lowest BCUT2D eigenvalue weighted by atomic mass is 10.1. The van der Waals surface area contributed by atoms with Gasteiger partial charge in [0, 0.05) is 56.0 Å². The van der Waals surface area contributed by atoms with E-state index in [1.807, 2.05) is 48.5 Å². The number of piperazine rings is 1. The van der Waals surface area contributed by atoms with E-state index in [1.165, 1.54) is 6.07 Å². The van der Waals surface area contributed by atoms with Crippen LogP contribution in [0.3, 0.4) is 0 Å². The predicted octanol–water partition coefficient (Wildman–Crippen LogP) is 4.09. The normalized spacial score (nSPS) is 14.1. The summed E-state index contributed by atoms with van der Waals surface area (Å²) in [5.41, 5.74) is 2.74. The number of anilines is 1. The van der Waals surface area contributed by atoms with Gasteiger partial charge in [-0.15, -0.1) is 0 Å². The van der Waals surface area contributed by atoms with Gasteiger partial charge < -0.3 is 14.7 Å². The number of amides is 1. The van der Waals surface area contributed by atoms with Gasteiger partial charge in [-0.2, -0.15) is 4.98 Å². The average Bonchev–Trinajstić information content (AvgIpc) is 3.41. The Hall–Kier alpha value is -4.04. The topological polar surface area (TPSA) is 74.5 Å². The average molecular weight is 472 g/mol. The maximum atomic E-state index is 14.0. The third-order valence-electron chi connectivity index (χ3n) is 6.11. The number of carbonyl (C=O) groups excluding carboxylic acids is 1. The number of benzene rings is 3. The lowest BCUT2D eigenvalue weighted by Gasteiger charge is -2.36. The quantitative estimate of drug-likeness (QED) is 0.438. The first-order chi connectivity index (χ1) is 17.2. The standard InChI is InChI=1S/C27H26FN5O2/c28-23-11-4-5-12-24(23)33-17-15-32(16-18-33)14-13-29-26(34)21-9-6-10-22(19-21)27-30-25(31-35-27)20-7-2-1-3-8-20/h1-12,19H,13-18H2,(H,29,34). The minimum Gasteiger partial charge on any atom is -0.367 e. The summed E-state index contributed by atoms with van der Waals surface area (Å²) in [4.78, 5) is 21.5. The van der Waals surface area contributed by atoms with Gasteiger partial charge in [0.1, 0.15) is 5.82 Å². The molecular weight excluding hydrogens is 445 g/mol. The Morgan fingerprint density at radius 3 is 2.46 bits per heavy atom. The first kappa shape index (κ1) is 22.7. The van der Waals surface area contributed by atoms with Crippen LogP contribution in [-0.4, -0.2) is 60.2 Å². The third kappa shape index (κ3) is 5.38. The molecule has 8 heteroatoms. The summed E-state index contributed by atoms with van der Waals surface area (Å²) < 4.78 is 19.4. The van der Waals surface area contributed by atoms with Gasteiger partial charge in [-0.05, 0) is 30.3 Å². The zero-order chi connectivity index (χ0) is 24.0. The summed E-state index contributed by atoms with van der Waals surface area (Å²) in [6.07, 6.45) is 0. The number of carbonyl (C=O) groups is 1. The van der Waals surface area contributed by atoms with E-state index in [1.54, 1.807) is 24.3 Å². The Bertz CT molecular complexity index is 1290. The first-order valence-electron chi connectivity index (χ1n) is 11.7. The Labute approximate surface area is 203 Å². The van der Waals surface area contributed by atoms with Crippen molar-refractivity contribution in [2.75, 3.05) is 44.2 Å². The number of nitrogens with one attached hydrogen (secondary N) is 1.